The van der Waals surface area contributed by atoms with Crippen LogP contribution in [0.15, 0.2) is 28.8 Å². The summed E-state index contributed by atoms with van der Waals surface area (Å²) in [5.41, 5.74) is 0.333. The molecule has 2 fully saturated rings. The van der Waals surface area contributed by atoms with Crippen molar-refractivity contribution in [3.05, 3.63) is 41.5 Å². The van der Waals surface area contributed by atoms with Gasteiger partial charge in [0.2, 0.25) is 5.89 Å². The number of nitrogens with one attached hydrogen (secondary N) is 2. The molecule has 2 atom stereocenters. The second kappa shape index (κ2) is 7.35. The fraction of sp³-hybridized carbons (Fsp3) is 0.500. The highest BCUT2D eigenvalue weighted by Gasteiger charge is 2.47. The fourth-order valence-corrected chi connectivity index (χ4v) is 3.56. The van der Waals surface area contributed by atoms with E-state index < -0.39 is 11.6 Å². The van der Waals surface area contributed by atoms with Gasteiger partial charge in [-0.25, -0.2) is 0 Å². The van der Waals surface area contributed by atoms with Crippen LogP contribution in [-0.2, 0) is 15.1 Å². The first kappa shape index (κ1) is 18.6. The minimum atomic E-state index is -0.689. The lowest BCUT2D eigenvalue weighted by Gasteiger charge is -2.27. The molecule has 1 saturated heterocycles. The smallest absolute Gasteiger partial charge is 0.253 e. The van der Waals surface area contributed by atoms with Crippen molar-refractivity contribution in [3.8, 4) is 0 Å². The van der Waals surface area contributed by atoms with Crippen molar-refractivity contribution in [2.75, 3.05) is 11.9 Å². The maximum absolute atomic E-state index is 12.9. The first-order valence-electron chi connectivity index (χ1n) is 9.61. The molecule has 2 aliphatic rings. The van der Waals surface area contributed by atoms with E-state index in [4.69, 9.17) is 9.26 Å². The van der Waals surface area contributed by atoms with Gasteiger partial charge in [0.15, 0.2) is 5.82 Å². The third-order valence-corrected chi connectivity index (χ3v) is 5.37. The molecule has 2 aromatic rings. The monoisotopic (exact) mass is 384 g/mol. The van der Waals surface area contributed by atoms with E-state index in [1.165, 1.54) is 0 Å². The fourth-order valence-electron chi connectivity index (χ4n) is 3.56. The number of carbonyl (C=O) groups excluding carboxylic acids is 2. The van der Waals surface area contributed by atoms with Crippen LogP contribution < -0.4 is 10.6 Å². The summed E-state index contributed by atoms with van der Waals surface area (Å²) in [6.07, 6.45) is 3.19. The van der Waals surface area contributed by atoms with Crippen molar-refractivity contribution in [2.45, 2.75) is 51.2 Å². The van der Waals surface area contributed by atoms with Gasteiger partial charge < -0.3 is 19.9 Å². The summed E-state index contributed by atoms with van der Waals surface area (Å²) in [6.45, 7) is 4.26. The van der Waals surface area contributed by atoms with Crippen molar-refractivity contribution in [3.63, 3.8) is 0 Å². The Morgan fingerprint density at radius 1 is 1.25 bits per heavy atom. The molecule has 0 bridgehead atoms. The first-order valence-corrected chi connectivity index (χ1v) is 9.61. The highest BCUT2D eigenvalue weighted by atomic mass is 16.5. The van der Waals surface area contributed by atoms with Crippen LogP contribution in [0.25, 0.3) is 0 Å². The van der Waals surface area contributed by atoms with E-state index in [0.29, 0.717) is 29.6 Å². The molecule has 1 aliphatic carbocycles. The zero-order valence-corrected chi connectivity index (χ0v) is 16.0. The van der Waals surface area contributed by atoms with Gasteiger partial charge in [0.1, 0.15) is 11.6 Å². The van der Waals surface area contributed by atoms with Crippen LogP contribution in [0.4, 0.5) is 5.69 Å². The predicted molar refractivity (Wildman–Crippen MR) is 101 cm³/mol. The van der Waals surface area contributed by atoms with Crippen LogP contribution >= 0.6 is 0 Å². The number of benzene rings is 1. The van der Waals surface area contributed by atoms with E-state index in [1.807, 2.05) is 6.92 Å². The zero-order chi connectivity index (χ0) is 19.7. The molecule has 2 amide bonds. The van der Waals surface area contributed by atoms with Crippen molar-refractivity contribution < 1.29 is 18.8 Å². The third-order valence-electron chi connectivity index (χ3n) is 5.37. The van der Waals surface area contributed by atoms with E-state index in [1.54, 1.807) is 31.2 Å². The van der Waals surface area contributed by atoms with Gasteiger partial charge in [0, 0.05) is 24.8 Å². The molecule has 0 spiro atoms. The average Bonchev–Trinajstić information content (AvgIpc) is 3.21. The van der Waals surface area contributed by atoms with Crippen LogP contribution in [0.5, 0.6) is 0 Å². The van der Waals surface area contributed by atoms with Gasteiger partial charge in [-0.2, -0.15) is 4.98 Å². The van der Waals surface area contributed by atoms with E-state index in [-0.39, 0.29) is 17.7 Å². The Hall–Kier alpha value is -2.74. The van der Waals surface area contributed by atoms with Gasteiger partial charge in [-0.1, -0.05) is 11.2 Å². The standard InChI is InChI=1S/C20H24N4O4/c1-12-21-19(24-28-12)20(2,14-8-9-14)23-17(25)13-5-3-6-15(11-13)22-18(26)16-7-4-10-27-16/h3,5-6,11,14,16H,4,7-10H2,1-2H3,(H,22,26)(H,23,25). The number of anilines is 1. The lowest BCUT2D eigenvalue weighted by molar-refractivity contribution is -0.124. The number of amides is 2. The van der Waals surface area contributed by atoms with Crippen LogP contribution in [-0.4, -0.2) is 34.7 Å². The Kier molecular flexibility index (Phi) is 4.89. The van der Waals surface area contributed by atoms with Gasteiger partial charge in [0.25, 0.3) is 11.8 Å². The number of aryl methyl sites for hydroxylation is 1. The topological polar surface area (TPSA) is 106 Å². The van der Waals surface area contributed by atoms with Gasteiger partial charge in [-0.05, 0) is 56.7 Å². The molecule has 0 radical (unpaired) electrons. The largest absolute Gasteiger partial charge is 0.368 e. The lowest BCUT2D eigenvalue weighted by Crippen LogP contribution is -2.46. The Morgan fingerprint density at radius 2 is 2.07 bits per heavy atom. The molecular weight excluding hydrogens is 360 g/mol. The normalized spacial score (nSPS) is 21.1. The molecule has 2 heterocycles. The Morgan fingerprint density at radius 3 is 2.71 bits per heavy atom. The summed E-state index contributed by atoms with van der Waals surface area (Å²) >= 11 is 0. The summed E-state index contributed by atoms with van der Waals surface area (Å²) < 4.78 is 10.5. The number of hydrogen-bond acceptors (Lipinski definition) is 6. The molecule has 8 nitrogen and oxygen atoms in total. The van der Waals surface area contributed by atoms with E-state index in [2.05, 4.69) is 20.8 Å². The Bertz CT molecular complexity index is 886. The molecule has 4 rings (SSSR count). The summed E-state index contributed by atoms with van der Waals surface area (Å²) in [6, 6.07) is 6.88. The second-order valence-electron chi connectivity index (χ2n) is 7.64. The van der Waals surface area contributed by atoms with Gasteiger partial charge >= 0.3 is 0 Å². The third kappa shape index (κ3) is 3.77. The van der Waals surface area contributed by atoms with Gasteiger partial charge in [-0.15, -0.1) is 0 Å². The predicted octanol–water partition coefficient (Wildman–Crippen LogP) is 2.55. The quantitative estimate of drug-likeness (QED) is 0.793. The minimum absolute atomic E-state index is 0.180. The van der Waals surface area contributed by atoms with Crippen LogP contribution in [0.1, 0.15) is 54.7 Å². The molecular formula is C20H24N4O4. The molecule has 1 aromatic carbocycles. The number of ether oxygens (including phenoxy) is 1. The van der Waals surface area contributed by atoms with Crippen molar-refractivity contribution >= 4 is 17.5 Å². The van der Waals surface area contributed by atoms with Crippen molar-refractivity contribution in [1.82, 2.24) is 15.5 Å². The van der Waals surface area contributed by atoms with Crippen LogP contribution in [0.3, 0.4) is 0 Å². The van der Waals surface area contributed by atoms with Gasteiger partial charge in [-0.3, -0.25) is 9.59 Å². The minimum Gasteiger partial charge on any atom is -0.368 e. The van der Waals surface area contributed by atoms with E-state index in [9.17, 15) is 9.59 Å². The van der Waals surface area contributed by atoms with Gasteiger partial charge in [0.05, 0.1) is 0 Å². The van der Waals surface area contributed by atoms with Crippen molar-refractivity contribution in [1.29, 1.82) is 0 Å². The van der Waals surface area contributed by atoms with E-state index in [0.717, 1.165) is 25.7 Å². The maximum Gasteiger partial charge on any atom is 0.253 e. The highest BCUT2D eigenvalue weighted by molar-refractivity contribution is 5.98. The van der Waals surface area contributed by atoms with Crippen LogP contribution in [0.2, 0.25) is 0 Å². The Labute approximate surface area is 163 Å². The molecule has 1 aliphatic heterocycles. The Balaban J connectivity index is 1.49. The molecule has 2 N–H and O–H groups in total. The second-order valence-corrected chi connectivity index (χ2v) is 7.64. The molecule has 1 aromatic heterocycles. The first-order chi connectivity index (χ1) is 13.5. The number of hydrogen-bond donors (Lipinski definition) is 2. The number of nitrogens with zero attached hydrogens (tertiary/aromatic N) is 2. The number of rotatable bonds is 6. The molecule has 8 heteroatoms. The average molecular weight is 384 g/mol. The summed E-state index contributed by atoms with van der Waals surface area (Å²) in [5, 5.41) is 9.93. The zero-order valence-electron chi connectivity index (χ0n) is 16.0. The molecule has 148 valence electrons. The lowest BCUT2D eigenvalue weighted by atomic mass is 9.94. The van der Waals surface area contributed by atoms with E-state index >= 15 is 0 Å². The summed E-state index contributed by atoms with van der Waals surface area (Å²) in [4.78, 5) is 29.5. The number of aromatic nitrogens is 2. The van der Waals surface area contributed by atoms with Crippen LogP contribution in [0, 0.1) is 12.8 Å². The highest BCUT2D eigenvalue weighted by Crippen LogP contribution is 2.44. The number of carbonyl (C=O) groups is 2. The molecule has 1 saturated carbocycles. The molecule has 28 heavy (non-hydrogen) atoms. The summed E-state index contributed by atoms with van der Waals surface area (Å²) in [7, 11) is 0. The SMILES string of the molecule is Cc1nc(C(C)(NC(=O)c2cccc(NC(=O)C3CCCO3)c2)C2CC2)no1. The maximum atomic E-state index is 12.9. The molecule has 2 unspecified atom stereocenters. The van der Waals surface area contributed by atoms with Crippen molar-refractivity contribution in [2.24, 2.45) is 5.92 Å². The summed E-state index contributed by atoms with van der Waals surface area (Å²) in [5.74, 6) is 0.805.